The van der Waals surface area contributed by atoms with Crippen molar-refractivity contribution in [3.63, 3.8) is 0 Å². The second-order valence-corrected chi connectivity index (χ2v) is 16.0. The lowest BCUT2D eigenvalue weighted by Gasteiger charge is -2.41. The van der Waals surface area contributed by atoms with Crippen molar-refractivity contribution in [3.8, 4) is 11.1 Å². The summed E-state index contributed by atoms with van der Waals surface area (Å²) in [4.78, 5) is 52.8. The number of carbonyl (C=O) groups is 4. The average Bonchev–Trinajstić information content (AvgIpc) is 3.54. The van der Waals surface area contributed by atoms with E-state index in [1.54, 1.807) is 0 Å². The largest absolute Gasteiger partial charge is 0.354 e. The highest BCUT2D eigenvalue weighted by atomic mass is 32.2. The molecule has 1 heterocycles. The summed E-state index contributed by atoms with van der Waals surface area (Å²) in [5.41, 5.74) is 7.93. The molecule has 0 saturated heterocycles. The number of carbonyl (C=O) groups excluding carboxylic acids is 4. The maximum absolute atomic E-state index is 15.1. The molecule has 5 N–H and O–H groups in total. The van der Waals surface area contributed by atoms with Gasteiger partial charge in [-0.15, -0.1) is 0 Å². The molecule has 13 heteroatoms. The molecule has 3 rings (SSSR count). The molecule has 55 heavy (non-hydrogen) atoms. The zero-order valence-electron chi connectivity index (χ0n) is 33.1. The van der Waals surface area contributed by atoms with E-state index in [0.29, 0.717) is 43.8 Å². The minimum atomic E-state index is -0.604. The molecular weight excluding hydrogens is 723 g/mol. The van der Waals surface area contributed by atoms with Crippen LogP contribution in [0.4, 0.5) is 8.78 Å². The van der Waals surface area contributed by atoms with E-state index >= 15 is 4.39 Å². The van der Waals surface area contributed by atoms with Crippen molar-refractivity contribution in [2.45, 2.75) is 98.2 Å². The number of benzene rings is 2. The van der Waals surface area contributed by atoms with E-state index in [1.165, 1.54) is 24.8 Å². The molecule has 0 fully saturated rings. The maximum atomic E-state index is 15.1. The van der Waals surface area contributed by atoms with Gasteiger partial charge in [-0.3, -0.25) is 19.2 Å². The second-order valence-electron chi connectivity index (χ2n) is 14.9. The van der Waals surface area contributed by atoms with Crippen molar-refractivity contribution in [1.29, 1.82) is 0 Å². The molecule has 0 aliphatic heterocycles. The molecule has 0 aliphatic rings. The van der Waals surface area contributed by atoms with E-state index in [4.69, 9.17) is 5.73 Å². The third kappa shape index (κ3) is 15.1. The van der Waals surface area contributed by atoms with Gasteiger partial charge in [-0.2, -0.15) is 11.8 Å². The van der Waals surface area contributed by atoms with Gasteiger partial charge in [0, 0.05) is 68.3 Å². The first-order chi connectivity index (χ1) is 26.2. The van der Waals surface area contributed by atoms with E-state index in [1.807, 2.05) is 52.1 Å². The lowest BCUT2D eigenvalue weighted by Crippen LogP contribution is -2.47. The van der Waals surface area contributed by atoms with Gasteiger partial charge in [0.05, 0.1) is 11.8 Å². The van der Waals surface area contributed by atoms with Gasteiger partial charge >= 0.3 is 0 Å². The Morgan fingerprint density at radius 1 is 0.945 bits per heavy atom. The summed E-state index contributed by atoms with van der Waals surface area (Å²) in [6.45, 7) is 11.4. The number of nitrogens with two attached hydrogens (primary N) is 1. The standard InChI is InChI=1S/C42H60F2N6O4S/c1-6-7-8-12-16-36(48-30(2)51)41(54)47-22-21-46-38(52)19-24-55-29-39(53)50(23-13-20-45)40(42(3,4)5)37-25-32(34-26-33(43)17-18-35(34)44)28-49(37)27-31-14-10-9-11-15-31/h9-11,14-15,17-18,25-26,28,36,40H,6-8,12-13,16,19-24,27,29,45H2,1-5H3,(H,46,52)(H,47,54)(H,48,51)/t36?,40-/m0/s1. The highest BCUT2D eigenvalue weighted by Crippen LogP contribution is 2.41. The molecule has 302 valence electrons. The van der Waals surface area contributed by atoms with Gasteiger partial charge in [-0.25, -0.2) is 8.78 Å². The van der Waals surface area contributed by atoms with Crippen molar-refractivity contribution in [1.82, 2.24) is 25.4 Å². The molecule has 0 radical (unpaired) electrons. The van der Waals surface area contributed by atoms with Gasteiger partial charge < -0.3 is 31.2 Å². The molecule has 2 atom stereocenters. The number of hydrogen-bond donors (Lipinski definition) is 4. The van der Waals surface area contributed by atoms with Crippen LogP contribution in [-0.4, -0.2) is 76.8 Å². The molecule has 0 spiro atoms. The summed E-state index contributed by atoms with van der Waals surface area (Å²) >= 11 is 1.36. The van der Waals surface area contributed by atoms with Crippen molar-refractivity contribution in [3.05, 3.63) is 83.7 Å². The topological polar surface area (TPSA) is 139 Å². The summed E-state index contributed by atoms with van der Waals surface area (Å²) < 4.78 is 31.4. The fraction of sp³-hybridized carbons (Fsp3) is 0.524. The minimum absolute atomic E-state index is 0.115. The summed E-state index contributed by atoms with van der Waals surface area (Å²) in [7, 11) is 0. The Labute approximate surface area is 329 Å². The van der Waals surface area contributed by atoms with Crippen LogP contribution in [0.2, 0.25) is 0 Å². The SMILES string of the molecule is CCCCCCC(NC(C)=O)C(=O)NCCNC(=O)CCSCC(=O)N(CCCN)[C@@H](c1cc(-c2cc(F)ccc2F)cn1Cc1ccccc1)C(C)(C)C. The van der Waals surface area contributed by atoms with Crippen LogP contribution >= 0.6 is 11.8 Å². The van der Waals surface area contributed by atoms with E-state index < -0.39 is 29.1 Å². The third-order valence-corrected chi connectivity index (χ3v) is 10.1. The van der Waals surface area contributed by atoms with Crippen LogP contribution < -0.4 is 21.7 Å². The van der Waals surface area contributed by atoms with Gasteiger partial charge in [-0.1, -0.05) is 83.7 Å². The van der Waals surface area contributed by atoms with Crippen LogP contribution in [0.5, 0.6) is 0 Å². The number of amides is 4. The molecule has 0 bridgehead atoms. The Morgan fingerprint density at radius 2 is 1.67 bits per heavy atom. The Balaban J connectivity index is 1.67. The van der Waals surface area contributed by atoms with Crippen LogP contribution in [0, 0.1) is 17.0 Å². The number of rotatable bonds is 23. The predicted octanol–water partition coefficient (Wildman–Crippen LogP) is 6.58. The predicted molar refractivity (Wildman–Crippen MR) is 217 cm³/mol. The van der Waals surface area contributed by atoms with Crippen molar-refractivity contribution in [2.75, 3.05) is 37.7 Å². The summed E-state index contributed by atoms with van der Waals surface area (Å²) in [6.07, 6.45) is 7.11. The molecular formula is C42H60F2N6O4S. The zero-order valence-corrected chi connectivity index (χ0v) is 33.9. The summed E-state index contributed by atoms with van der Waals surface area (Å²) in [5.74, 6) is -1.39. The van der Waals surface area contributed by atoms with Crippen LogP contribution in [0.25, 0.3) is 11.1 Å². The number of hydrogen-bond acceptors (Lipinski definition) is 6. The molecule has 4 amide bonds. The molecule has 10 nitrogen and oxygen atoms in total. The summed E-state index contributed by atoms with van der Waals surface area (Å²) in [5, 5.41) is 8.32. The highest BCUT2D eigenvalue weighted by Gasteiger charge is 2.37. The van der Waals surface area contributed by atoms with E-state index in [9.17, 15) is 23.6 Å². The van der Waals surface area contributed by atoms with Crippen molar-refractivity contribution >= 4 is 35.4 Å². The molecule has 2 aromatic carbocycles. The number of unbranched alkanes of at least 4 members (excludes halogenated alkanes) is 3. The first kappa shape index (κ1) is 45.2. The fourth-order valence-corrected chi connectivity index (χ4v) is 7.38. The minimum Gasteiger partial charge on any atom is -0.354 e. The van der Waals surface area contributed by atoms with E-state index in [2.05, 4.69) is 43.6 Å². The number of nitrogens with one attached hydrogen (secondary N) is 3. The molecule has 0 aliphatic carbocycles. The Bertz CT molecular complexity index is 1680. The Kier molecular flexibility index (Phi) is 18.9. The first-order valence-electron chi connectivity index (χ1n) is 19.3. The molecule has 1 unspecified atom stereocenters. The number of thioether (sulfide) groups is 1. The van der Waals surface area contributed by atoms with Gasteiger partial charge in [0.15, 0.2) is 0 Å². The number of halogens is 2. The quantitative estimate of drug-likeness (QED) is 0.0803. The van der Waals surface area contributed by atoms with E-state index in [-0.39, 0.29) is 54.5 Å². The monoisotopic (exact) mass is 782 g/mol. The second kappa shape index (κ2) is 23.0. The molecule has 3 aromatic rings. The van der Waals surface area contributed by atoms with Gasteiger partial charge in [-0.05, 0) is 54.6 Å². The molecule has 1 aromatic heterocycles. The Morgan fingerprint density at radius 3 is 2.35 bits per heavy atom. The third-order valence-electron chi connectivity index (χ3n) is 9.19. The highest BCUT2D eigenvalue weighted by molar-refractivity contribution is 7.99. The number of aromatic nitrogens is 1. The van der Waals surface area contributed by atoms with Gasteiger partial charge in [0.1, 0.15) is 17.7 Å². The first-order valence-corrected chi connectivity index (χ1v) is 20.5. The smallest absolute Gasteiger partial charge is 0.242 e. The number of nitrogens with zero attached hydrogens (tertiary/aromatic N) is 2. The average molecular weight is 783 g/mol. The van der Waals surface area contributed by atoms with Gasteiger partial charge in [0.2, 0.25) is 23.6 Å². The van der Waals surface area contributed by atoms with Crippen LogP contribution in [0.1, 0.15) is 96.9 Å². The zero-order chi connectivity index (χ0) is 40.4. The van der Waals surface area contributed by atoms with Crippen LogP contribution in [0.3, 0.4) is 0 Å². The fourth-order valence-electron chi connectivity index (χ4n) is 6.57. The van der Waals surface area contributed by atoms with Gasteiger partial charge in [0.25, 0.3) is 0 Å². The van der Waals surface area contributed by atoms with E-state index in [0.717, 1.165) is 49.1 Å². The summed E-state index contributed by atoms with van der Waals surface area (Å²) in [6, 6.07) is 14.0. The van der Waals surface area contributed by atoms with Crippen LogP contribution in [0.15, 0.2) is 60.8 Å². The normalized spacial score (nSPS) is 12.5. The van der Waals surface area contributed by atoms with Crippen molar-refractivity contribution in [2.24, 2.45) is 11.1 Å². The van der Waals surface area contributed by atoms with Crippen LogP contribution in [-0.2, 0) is 25.7 Å². The maximum Gasteiger partial charge on any atom is 0.242 e. The van der Waals surface area contributed by atoms with Crippen molar-refractivity contribution < 1.29 is 28.0 Å². The Hall–Kier alpha value is -4.23. The lowest BCUT2D eigenvalue weighted by atomic mass is 9.83. The molecule has 0 saturated carbocycles. The lowest BCUT2D eigenvalue weighted by molar-refractivity contribution is -0.133.